The van der Waals surface area contributed by atoms with Gasteiger partial charge in [0.25, 0.3) is 5.91 Å². The molecule has 2 aliphatic rings. The summed E-state index contributed by atoms with van der Waals surface area (Å²) in [4.78, 5) is 37.0. The molecule has 1 saturated heterocycles. The third-order valence-electron chi connectivity index (χ3n) is 6.78. The van der Waals surface area contributed by atoms with E-state index in [0.717, 1.165) is 36.3 Å². The number of nitrogens with zero attached hydrogens (tertiary/aromatic N) is 3. The number of para-hydroxylation sites is 1. The second-order valence-corrected chi connectivity index (χ2v) is 9.39. The normalized spacial score (nSPS) is 19.0. The van der Waals surface area contributed by atoms with Gasteiger partial charge in [-0.1, -0.05) is 30.3 Å². The highest BCUT2D eigenvalue weighted by Crippen LogP contribution is 2.37. The first-order chi connectivity index (χ1) is 18.0. The van der Waals surface area contributed by atoms with Gasteiger partial charge in [-0.2, -0.15) is 4.98 Å². The Morgan fingerprint density at radius 3 is 2.78 bits per heavy atom. The van der Waals surface area contributed by atoms with Gasteiger partial charge in [0.15, 0.2) is 0 Å². The Hall–Kier alpha value is -4.14. The van der Waals surface area contributed by atoms with Crippen molar-refractivity contribution < 1.29 is 19.1 Å². The highest BCUT2D eigenvalue weighted by atomic mass is 16.5. The van der Waals surface area contributed by atoms with Crippen LogP contribution in [0.25, 0.3) is 0 Å². The Morgan fingerprint density at radius 1 is 1.16 bits per heavy atom. The Labute approximate surface area is 216 Å². The van der Waals surface area contributed by atoms with Gasteiger partial charge in [-0.25, -0.2) is 4.98 Å². The lowest BCUT2D eigenvalue weighted by Gasteiger charge is -2.23. The van der Waals surface area contributed by atoms with E-state index in [2.05, 4.69) is 33.5 Å². The van der Waals surface area contributed by atoms with Crippen molar-refractivity contribution in [2.45, 2.75) is 51.3 Å². The van der Waals surface area contributed by atoms with Crippen LogP contribution in [0.15, 0.2) is 54.7 Å². The minimum Gasteiger partial charge on any atom is -0.497 e. The maximum absolute atomic E-state index is 13.3. The second-order valence-electron chi connectivity index (χ2n) is 9.39. The van der Waals surface area contributed by atoms with Crippen molar-refractivity contribution in [1.29, 1.82) is 0 Å². The molecule has 1 aromatic heterocycles. The molecular weight excluding hydrogens is 470 g/mol. The van der Waals surface area contributed by atoms with Crippen LogP contribution in [0.1, 0.15) is 47.7 Å². The largest absolute Gasteiger partial charge is 0.497 e. The first kappa shape index (κ1) is 24.5. The minimum atomic E-state index is -0.602. The fourth-order valence-electron chi connectivity index (χ4n) is 4.80. The summed E-state index contributed by atoms with van der Waals surface area (Å²) >= 11 is 0. The molecule has 5 rings (SSSR count). The lowest BCUT2D eigenvalue weighted by Crippen LogP contribution is -2.45. The van der Waals surface area contributed by atoms with Crippen LogP contribution in [0.5, 0.6) is 11.6 Å². The molecule has 0 saturated carbocycles. The van der Waals surface area contributed by atoms with Gasteiger partial charge in [0.2, 0.25) is 17.7 Å². The first-order valence-corrected chi connectivity index (χ1v) is 12.6. The quantitative estimate of drug-likeness (QED) is 0.510. The summed E-state index contributed by atoms with van der Waals surface area (Å²) in [5, 5.41) is 5.70. The van der Waals surface area contributed by atoms with Crippen molar-refractivity contribution in [3.63, 3.8) is 0 Å². The standard InChI is InChI=1S/C28H31N5O4/c1-18-15-20-7-3-4-9-24(20)33(18)28-30-16-22(25(34)31-23-8-5-6-14-29-26(23)35)27(32-28)37-17-19-10-12-21(36-2)13-11-19/h3-4,7,9-13,16,18,23H,5-6,8,14-15,17H2,1-2H3,(H,29,35)(H,31,34). The van der Waals surface area contributed by atoms with Gasteiger partial charge in [-0.3, -0.25) is 9.59 Å². The zero-order chi connectivity index (χ0) is 25.8. The van der Waals surface area contributed by atoms with Crippen molar-refractivity contribution in [1.82, 2.24) is 20.6 Å². The molecule has 3 aromatic rings. The number of ether oxygens (including phenoxy) is 2. The second kappa shape index (κ2) is 10.9. The fraction of sp³-hybridized carbons (Fsp3) is 0.357. The van der Waals surface area contributed by atoms with Crippen LogP contribution in [0.2, 0.25) is 0 Å². The Balaban J connectivity index is 1.44. The van der Waals surface area contributed by atoms with E-state index in [1.807, 2.05) is 42.5 Å². The number of carbonyl (C=O) groups excluding carboxylic acids is 2. The summed E-state index contributed by atoms with van der Waals surface area (Å²) < 4.78 is 11.3. The number of anilines is 2. The number of rotatable bonds is 7. The Morgan fingerprint density at radius 2 is 1.97 bits per heavy atom. The highest BCUT2D eigenvalue weighted by Gasteiger charge is 2.31. The van der Waals surface area contributed by atoms with Crippen LogP contribution in [0, 0.1) is 0 Å². The maximum atomic E-state index is 13.3. The molecule has 192 valence electrons. The third kappa shape index (κ3) is 5.35. The van der Waals surface area contributed by atoms with Gasteiger partial charge in [0.1, 0.15) is 24.0 Å². The van der Waals surface area contributed by atoms with Gasteiger partial charge in [-0.15, -0.1) is 0 Å². The summed E-state index contributed by atoms with van der Waals surface area (Å²) in [6, 6.07) is 15.2. The zero-order valence-electron chi connectivity index (χ0n) is 21.1. The number of benzene rings is 2. The van der Waals surface area contributed by atoms with Crippen molar-refractivity contribution in [3.8, 4) is 11.6 Å². The molecule has 9 heteroatoms. The molecule has 3 heterocycles. The first-order valence-electron chi connectivity index (χ1n) is 12.6. The van der Waals surface area contributed by atoms with Gasteiger partial charge < -0.3 is 25.0 Å². The van der Waals surface area contributed by atoms with E-state index in [1.54, 1.807) is 7.11 Å². The van der Waals surface area contributed by atoms with Crippen LogP contribution >= 0.6 is 0 Å². The molecule has 2 N–H and O–H groups in total. The monoisotopic (exact) mass is 501 g/mol. The molecule has 0 radical (unpaired) electrons. The minimum absolute atomic E-state index is 0.154. The number of methoxy groups -OCH3 is 1. The number of aromatic nitrogens is 2. The fourth-order valence-corrected chi connectivity index (χ4v) is 4.80. The molecular formula is C28H31N5O4. The predicted octanol–water partition coefficient (Wildman–Crippen LogP) is 3.55. The van der Waals surface area contributed by atoms with Crippen LogP contribution in [-0.4, -0.2) is 47.5 Å². The number of carbonyl (C=O) groups is 2. The van der Waals surface area contributed by atoms with E-state index in [4.69, 9.17) is 14.5 Å². The van der Waals surface area contributed by atoms with Gasteiger partial charge >= 0.3 is 0 Å². The summed E-state index contributed by atoms with van der Waals surface area (Å²) in [5.74, 6) is 0.770. The molecule has 2 aromatic carbocycles. The highest BCUT2D eigenvalue weighted by molar-refractivity contribution is 5.99. The van der Waals surface area contributed by atoms with Gasteiger partial charge in [0, 0.05) is 24.5 Å². The van der Waals surface area contributed by atoms with E-state index in [1.165, 1.54) is 11.8 Å². The third-order valence-corrected chi connectivity index (χ3v) is 6.78. The maximum Gasteiger partial charge on any atom is 0.259 e. The van der Waals surface area contributed by atoms with E-state index < -0.39 is 11.9 Å². The molecule has 1 fully saturated rings. The van der Waals surface area contributed by atoms with Crippen molar-refractivity contribution in [2.75, 3.05) is 18.6 Å². The average Bonchev–Trinajstić information content (AvgIpc) is 3.13. The topological polar surface area (TPSA) is 106 Å². The van der Waals surface area contributed by atoms with Crippen LogP contribution in [0.3, 0.4) is 0 Å². The van der Waals surface area contributed by atoms with E-state index >= 15 is 0 Å². The molecule has 0 bridgehead atoms. The predicted molar refractivity (Wildman–Crippen MR) is 139 cm³/mol. The lowest BCUT2D eigenvalue weighted by atomic mass is 10.1. The smallest absolute Gasteiger partial charge is 0.259 e. The lowest BCUT2D eigenvalue weighted by molar-refractivity contribution is -0.122. The number of hydrogen-bond donors (Lipinski definition) is 2. The van der Waals surface area contributed by atoms with E-state index in [9.17, 15) is 9.59 Å². The molecule has 2 amide bonds. The Kier molecular flexibility index (Phi) is 7.20. The van der Waals surface area contributed by atoms with Crippen LogP contribution < -0.4 is 25.0 Å². The van der Waals surface area contributed by atoms with E-state index in [-0.39, 0.29) is 30.0 Å². The average molecular weight is 502 g/mol. The number of fused-ring (bicyclic) bond motifs is 1. The summed E-state index contributed by atoms with van der Waals surface area (Å²) in [5.41, 5.74) is 3.36. The molecule has 0 aliphatic carbocycles. The SMILES string of the molecule is COc1ccc(COc2nc(N3c4ccccc4CC3C)ncc2C(=O)NC2CCCCNC2=O)cc1. The van der Waals surface area contributed by atoms with Gasteiger partial charge in [0.05, 0.1) is 7.11 Å². The summed E-state index contributed by atoms with van der Waals surface area (Å²) in [6.45, 7) is 2.94. The molecule has 2 atom stereocenters. The molecule has 2 unspecified atom stereocenters. The van der Waals surface area contributed by atoms with E-state index in [0.29, 0.717) is 18.9 Å². The Bertz CT molecular complexity index is 1280. The molecule has 9 nitrogen and oxygen atoms in total. The molecule has 37 heavy (non-hydrogen) atoms. The number of hydrogen-bond acceptors (Lipinski definition) is 7. The van der Waals surface area contributed by atoms with Crippen molar-refractivity contribution >= 4 is 23.5 Å². The zero-order valence-corrected chi connectivity index (χ0v) is 21.1. The summed E-state index contributed by atoms with van der Waals surface area (Å²) in [6.07, 6.45) is 4.69. The molecule has 0 spiro atoms. The van der Waals surface area contributed by atoms with Crippen LogP contribution in [0.4, 0.5) is 11.6 Å². The molecule has 2 aliphatic heterocycles. The van der Waals surface area contributed by atoms with Crippen molar-refractivity contribution in [3.05, 3.63) is 71.4 Å². The van der Waals surface area contributed by atoms with Crippen LogP contribution in [-0.2, 0) is 17.8 Å². The number of amides is 2. The van der Waals surface area contributed by atoms with Crippen molar-refractivity contribution in [2.24, 2.45) is 0 Å². The number of nitrogens with one attached hydrogen (secondary N) is 2. The van der Waals surface area contributed by atoms with Gasteiger partial charge in [-0.05, 0) is 61.9 Å². The summed E-state index contributed by atoms with van der Waals surface area (Å²) in [7, 11) is 1.62.